The molecule has 4 N–H and O–H groups in total. The average molecular weight is 286 g/mol. The number of nitrogens with two attached hydrogens (primary N) is 2. The van der Waals surface area contributed by atoms with Crippen molar-refractivity contribution in [3.8, 4) is 0 Å². The largest absolute Gasteiger partial charge is 0.368 e. The topological polar surface area (TPSA) is 89.4 Å². The molecule has 0 radical (unpaired) electrons. The van der Waals surface area contributed by atoms with Gasteiger partial charge in [0.05, 0.1) is 6.54 Å². The lowest BCUT2D eigenvalue weighted by Gasteiger charge is -2.25. The molecule has 1 rings (SSSR count). The fraction of sp³-hybridized carbons (Fsp3) is 0.385. The maximum Gasteiger partial charge on any atom is 0.254 e. The van der Waals surface area contributed by atoms with Gasteiger partial charge < -0.3 is 16.4 Å². The van der Waals surface area contributed by atoms with E-state index < -0.39 is 5.91 Å². The Balaban J connectivity index is 0.00000324. The zero-order valence-corrected chi connectivity index (χ0v) is 11.9. The van der Waals surface area contributed by atoms with Crippen LogP contribution in [0.15, 0.2) is 24.3 Å². The Morgan fingerprint density at radius 2 is 1.74 bits per heavy atom. The summed E-state index contributed by atoms with van der Waals surface area (Å²) in [7, 11) is 0. The summed E-state index contributed by atoms with van der Waals surface area (Å²) >= 11 is 0. The van der Waals surface area contributed by atoms with Gasteiger partial charge in [-0.05, 0) is 31.5 Å². The molecule has 1 aromatic carbocycles. The number of halogens is 1. The highest BCUT2D eigenvalue weighted by atomic mass is 35.5. The highest BCUT2D eigenvalue weighted by Crippen LogP contribution is 2.10. The summed E-state index contributed by atoms with van der Waals surface area (Å²) in [6.45, 7) is 4.04. The summed E-state index contributed by atoms with van der Waals surface area (Å²) in [5, 5.41) is 0. The van der Waals surface area contributed by atoms with E-state index in [-0.39, 0.29) is 30.9 Å². The predicted molar refractivity (Wildman–Crippen MR) is 76.9 cm³/mol. The molecule has 2 amide bonds. The van der Waals surface area contributed by atoms with Crippen molar-refractivity contribution in [2.75, 3.05) is 6.54 Å². The Kier molecular flexibility index (Phi) is 7.11. The van der Waals surface area contributed by atoms with E-state index in [0.717, 1.165) is 5.56 Å². The monoisotopic (exact) mass is 285 g/mol. The molecule has 5 nitrogen and oxygen atoms in total. The molecule has 0 saturated carbocycles. The first-order valence-electron chi connectivity index (χ1n) is 5.84. The molecular weight excluding hydrogens is 266 g/mol. The van der Waals surface area contributed by atoms with Gasteiger partial charge in [-0.3, -0.25) is 9.59 Å². The van der Waals surface area contributed by atoms with E-state index in [9.17, 15) is 9.59 Å². The maximum atomic E-state index is 12.2. The van der Waals surface area contributed by atoms with Gasteiger partial charge in [0.15, 0.2) is 0 Å². The van der Waals surface area contributed by atoms with Crippen LogP contribution in [0.3, 0.4) is 0 Å². The van der Waals surface area contributed by atoms with Gasteiger partial charge in [-0.15, -0.1) is 12.4 Å². The quantitative estimate of drug-likeness (QED) is 0.842. The van der Waals surface area contributed by atoms with Crippen molar-refractivity contribution in [2.45, 2.75) is 26.4 Å². The third-order valence-corrected chi connectivity index (χ3v) is 2.65. The van der Waals surface area contributed by atoms with Crippen molar-refractivity contribution in [1.29, 1.82) is 0 Å². The lowest BCUT2D eigenvalue weighted by atomic mass is 10.1. The van der Waals surface area contributed by atoms with Crippen LogP contribution in [0.5, 0.6) is 0 Å². The van der Waals surface area contributed by atoms with Gasteiger partial charge in [-0.1, -0.05) is 12.1 Å². The Hall–Kier alpha value is -1.59. The molecule has 106 valence electrons. The number of nitrogens with zero attached hydrogens (tertiary/aromatic N) is 1. The van der Waals surface area contributed by atoms with E-state index in [2.05, 4.69) is 0 Å². The second-order valence-corrected chi connectivity index (χ2v) is 4.39. The van der Waals surface area contributed by atoms with Crippen LogP contribution in [0.1, 0.15) is 29.8 Å². The highest BCUT2D eigenvalue weighted by Gasteiger charge is 2.20. The Morgan fingerprint density at radius 1 is 1.21 bits per heavy atom. The van der Waals surface area contributed by atoms with Crippen molar-refractivity contribution in [3.05, 3.63) is 35.4 Å². The molecular formula is C13H20ClN3O2. The number of hydrogen-bond donors (Lipinski definition) is 2. The number of primary amides is 1. The molecule has 0 aromatic heterocycles. The summed E-state index contributed by atoms with van der Waals surface area (Å²) in [6.07, 6.45) is 0. The number of hydrogen-bond acceptors (Lipinski definition) is 3. The molecule has 0 atom stereocenters. The second-order valence-electron chi connectivity index (χ2n) is 4.39. The van der Waals surface area contributed by atoms with Gasteiger partial charge >= 0.3 is 0 Å². The van der Waals surface area contributed by atoms with Gasteiger partial charge in [0.2, 0.25) is 5.91 Å². The summed E-state index contributed by atoms with van der Waals surface area (Å²) in [6, 6.07) is 6.94. The summed E-state index contributed by atoms with van der Waals surface area (Å²) in [4.78, 5) is 24.6. The SMILES string of the molecule is CC(C)N(CC(N)=O)C(=O)c1ccc(CN)cc1.Cl. The number of amides is 2. The smallest absolute Gasteiger partial charge is 0.254 e. The van der Waals surface area contributed by atoms with Crippen LogP contribution in [-0.2, 0) is 11.3 Å². The van der Waals surface area contributed by atoms with Crippen molar-refractivity contribution >= 4 is 24.2 Å². The zero-order valence-electron chi connectivity index (χ0n) is 11.1. The third kappa shape index (κ3) is 4.89. The third-order valence-electron chi connectivity index (χ3n) is 2.65. The van der Waals surface area contributed by atoms with Gasteiger partial charge in [0.1, 0.15) is 0 Å². The molecule has 19 heavy (non-hydrogen) atoms. The minimum absolute atomic E-state index is 0. The predicted octanol–water partition coefficient (Wildman–Crippen LogP) is 0.903. The maximum absolute atomic E-state index is 12.2. The molecule has 0 heterocycles. The molecule has 0 aliphatic rings. The van der Waals surface area contributed by atoms with Crippen LogP contribution >= 0.6 is 12.4 Å². The van der Waals surface area contributed by atoms with Crippen molar-refractivity contribution in [1.82, 2.24) is 4.90 Å². The molecule has 0 spiro atoms. The Labute approximate surface area is 119 Å². The first-order chi connectivity index (χ1) is 8.45. The lowest BCUT2D eigenvalue weighted by Crippen LogP contribution is -2.42. The summed E-state index contributed by atoms with van der Waals surface area (Å²) in [5.74, 6) is -0.719. The van der Waals surface area contributed by atoms with Crippen molar-refractivity contribution < 1.29 is 9.59 Å². The molecule has 0 saturated heterocycles. The fourth-order valence-corrected chi connectivity index (χ4v) is 1.61. The van der Waals surface area contributed by atoms with Crippen LogP contribution in [0.4, 0.5) is 0 Å². The number of benzene rings is 1. The highest BCUT2D eigenvalue weighted by molar-refractivity contribution is 5.96. The van der Waals surface area contributed by atoms with Crippen LogP contribution in [0.25, 0.3) is 0 Å². The van der Waals surface area contributed by atoms with Crippen molar-refractivity contribution in [2.24, 2.45) is 11.5 Å². The van der Waals surface area contributed by atoms with Crippen LogP contribution < -0.4 is 11.5 Å². The first kappa shape index (κ1) is 17.4. The second kappa shape index (κ2) is 7.76. The van der Waals surface area contributed by atoms with E-state index in [4.69, 9.17) is 11.5 Å². The van der Waals surface area contributed by atoms with E-state index in [1.807, 2.05) is 13.8 Å². The average Bonchev–Trinajstić information content (AvgIpc) is 2.34. The summed E-state index contributed by atoms with van der Waals surface area (Å²) in [5.41, 5.74) is 12.1. The minimum atomic E-state index is -0.518. The molecule has 0 unspecified atom stereocenters. The number of carbonyl (C=O) groups is 2. The summed E-state index contributed by atoms with van der Waals surface area (Å²) < 4.78 is 0. The van der Waals surface area contributed by atoms with Crippen molar-refractivity contribution in [3.63, 3.8) is 0 Å². The minimum Gasteiger partial charge on any atom is -0.368 e. The Morgan fingerprint density at radius 3 is 2.11 bits per heavy atom. The zero-order chi connectivity index (χ0) is 13.7. The molecule has 0 bridgehead atoms. The molecule has 1 aromatic rings. The number of carbonyl (C=O) groups excluding carboxylic acids is 2. The standard InChI is InChI=1S/C13H19N3O2.ClH/c1-9(2)16(8-12(15)17)13(18)11-5-3-10(7-14)4-6-11;/h3-6,9H,7-8,14H2,1-2H3,(H2,15,17);1H. The van der Waals surface area contributed by atoms with E-state index >= 15 is 0 Å². The van der Waals surface area contributed by atoms with E-state index in [1.54, 1.807) is 24.3 Å². The normalized spacial score (nSPS) is 9.89. The van der Waals surface area contributed by atoms with Crippen LogP contribution in [-0.4, -0.2) is 29.3 Å². The molecule has 0 fully saturated rings. The first-order valence-corrected chi connectivity index (χ1v) is 5.84. The van der Waals surface area contributed by atoms with Gasteiger partial charge in [0, 0.05) is 18.2 Å². The lowest BCUT2D eigenvalue weighted by molar-refractivity contribution is -0.119. The fourth-order valence-electron chi connectivity index (χ4n) is 1.61. The Bertz CT molecular complexity index is 432. The molecule has 6 heteroatoms. The van der Waals surface area contributed by atoms with Crippen LogP contribution in [0, 0.1) is 0 Å². The van der Waals surface area contributed by atoms with E-state index in [1.165, 1.54) is 4.90 Å². The van der Waals surface area contributed by atoms with Gasteiger partial charge in [-0.2, -0.15) is 0 Å². The molecule has 0 aliphatic heterocycles. The van der Waals surface area contributed by atoms with Gasteiger partial charge in [0.25, 0.3) is 5.91 Å². The number of rotatable bonds is 5. The van der Waals surface area contributed by atoms with Crippen LogP contribution in [0.2, 0.25) is 0 Å². The molecule has 0 aliphatic carbocycles. The van der Waals surface area contributed by atoms with E-state index in [0.29, 0.717) is 12.1 Å². The van der Waals surface area contributed by atoms with Gasteiger partial charge in [-0.25, -0.2) is 0 Å².